The molecule has 2 aliphatic rings. The van der Waals surface area contributed by atoms with Crippen LogP contribution in [0.25, 0.3) is 11.4 Å². The number of aromatic nitrogens is 3. The molecule has 0 radical (unpaired) electrons. The van der Waals surface area contributed by atoms with E-state index >= 15 is 0 Å². The summed E-state index contributed by atoms with van der Waals surface area (Å²) in [6.07, 6.45) is 5.74. The summed E-state index contributed by atoms with van der Waals surface area (Å²) in [5, 5.41) is 19.7. The van der Waals surface area contributed by atoms with Crippen molar-refractivity contribution in [2.75, 3.05) is 18.0 Å². The van der Waals surface area contributed by atoms with Gasteiger partial charge in [0.1, 0.15) is 5.82 Å². The van der Waals surface area contributed by atoms with E-state index in [2.05, 4.69) is 9.88 Å². The summed E-state index contributed by atoms with van der Waals surface area (Å²) in [6.45, 7) is 1.12. The van der Waals surface area contributed by atoms with Gasteiger partial charge in [-0.3, -0.25) is 4.98 Å². The molecule has 4 rings (SSSR count). The molecule has 1 aliphatic carbocycles. The summed E-state index contributed by atoms with van der Waals surface area (Å²) in [7, 11) is 0. The largest absolute Gasteiger partial charge is 0.390 e. The van der Waals surface area contributed by atoms with Crippen LogP contribution in [0.2, 0.25) is 0 Å². The van der Waals surface area contributed by atoms with Gasteiger partial charge in [-0.05, 0) is 37.8 Å². The lowest BCUT2D eigenvalue weighted by atomic mass is 10.0. The molecule has 120 valence electrons. The van der Waals surface area contributed by atoms with Gasteiger partial charge in [0.05, 0.1) is 12.2 Å². The second-order valence-electron chi connectivity index (χ2n) is 6.26. The van der Waals surface area contributed by atoms with Crippen LogP contribution in [0.15, 0.2) is 24.5 Å². The van der Waals surface area contributed by atoms with Crippen LogP contribution >= 0.6 is 0 Å². The molecule has 2 aromatic heterocycles. The summed E-state index contributed by atoms with van der Waals surface area (Å²) < 4.78 is 0. The third-order valence-corrected chi connectivity index (χ3v) is 4.68. The number of aryl methyl sites for hydroxylation is 1. The Bertz CT molecular complexity index is 707. The van der Waals surface area contributed by atoms with Crippen LogP contribution in [-0.2, 0) is 12.8 Å². The van der Waals surface area contributed by atoms with Crippen LogP contribution in [0.1, 0.15) is 24.1 Å². The highest BCUT2D eigenvalue weighted by molar-refractivity contribution is 5.61. The Morgan fingerprint density at radius 1 is 1.13 bits per heavy atom. The molecule has 1 fully saturated rings. The highest BCUT2D eigenvalue weighted by atomic mass is 16.3. The Hall–Kier alpha value is -2.05. The van der Waals surface area contributed by atoms with Crippen LogP contribution in [0.5, 0.6) is 0 Å². The Labute approximate surface area is 134 Å². The maximum Gasteiger partial charge on any atom is 0.163 e. The fourth-order valence-corrected chi connectivity index (χ4v) is 3.41. The van der Waals surface area contributed by atoms with Crippen LogP contribution in [-0.4, -0.2) is 50.5 Å². The molecule has 6 heteroatoms. The lowest BCUT2D eigenvalue weighted by Crippen LogP contribution is -2.47. The molecule has 2 aromatic rings. The average molecular weight is 312 g/mol. The van der Waals surface area contributed by atoms with Crippen molar-refractivity contribution in [3.8, 4) is 11.4 Å². The molecular formula is C17H20N4O2. The first-order valence-corrected chi connectivity index (χ1v) is 8.13. The van der Waals surface area contributed by atoms with Gasteiger partial charge in [0.25, 0.3) is 0 Å². The molecule has 6 nitrogen and oxygen atoms in total. The summed E-state index contributed by atoms with van der Waals surface area (Å²) in [5.41, 5.74) is 3.21. The van der Waals surface area contributed by atoms with Crippen molar-refractivity contribution in [3.05, 3.63) is 35.8 Å². The number of β-amino-alcohol motifs (C(OH)–C–C–N with tert-alkyl or cyclic N) is 1. The minimum Gasteiger partial charge on any atom is -0.390 e. The van der Waals surface area contributed by atoms with Gasteiger partial charge in [-0.1, -0.05) is 0 Å². The van der Waals surface area contributed by atoms with E-state index in [9.17, 15) is 10.2 Å². The number of rotatable bonds is 2. The molecule has 3 heterocycles. The van der Waals surface area contributed by atoms with E-state index in [0.29, 0.717) is 25.3 Å². The highest BCUT2D eigenvalue weighted by Crippen LogP contribution is 2.32. The number of piperidine rings is 1. The summed E-state index contributed by atoms with van der Waals surface area (Å²) in [4.78, 5) is 15.7. The number of aliphatic hydroxyl groups is 2. The molecule has 2 N–H and O–H groups in total. The first-order chi connectivity index (χ1) is 11.2. The van der Waals surface area contributed by atoms with Gasteiger partial charge in [-0.15, -0.1) is 0 Å². The monoisotopic (exact) mass is 312 g/mol. The van der Waals surface area contributed by atoms with Crippen molar-refractivity contribution in [1.82, 2.24) is 15.0 Å². The smallest absolute Gasteiger partial charge is 0.163 e. The number of anilines is 1. The van der Waals surface area contributed by atoms with E-state index in [1.807, 2.05) is 12.1 Å². The molecule has 0 aromatic carbocycles. The molecule has 1 saturated heterocycles. The van der Waals surface area contributed by atoms with Gasteiger partial charge in [-0.25, -0.2) is 9.97 Å². The second-order valence-corrected chi connectivity index (χ2v) is 6.26. The van der Waals surface area contributed by atoms with Gasteiger partial charge in [0.2, 0.25) is 0 Å². The van der Waals surface area contributed by atoms with Crippen molar-refractivity contribution in [2.45, 2.75) is 37.9 Å². The van der Waals surface area contributed by atoms with E-state index in [4.69, 9.17) is 9.97 Å². The predicted octanol–water partition coefficient (Wildman–Crippen LogP) is 0.959. The summed E-state index contributed by atoms with van der Waals surface area (Å²) in [5.74, 6) is 1.60. The summed E-state index contributed by atoms with van der Waals surface area (Å²) >= 11 is 0. The third kappa shape index (κ3) is 2.68. The van der Waals surface area contributed by atoms with Gasteiger partial charge < -0.3 is 15.1 Å². The molecule has 0 spiro atoms. The lowest BCUT2D eigenvalue weighted by Gasteiger charge is -2.35. The Balaban J connectivity index is 1.75. The number of hydrogen-bond acceptors (Lipinski definition) is 6. The maximum atomic E-state index is 10.00. The fourth-order valence-electron chi connectivity index (χ4n) is 3.41. The van der Waals surface area contributed by atoms with Crippen LogP contribution in [0.3, 0.4) is 0 Å². The van der Waals surface area contributed by atoms with Gasteiger partial charge in [-0.2, -0.15) is 0 Å². The zero-order chi connectivity index (χ0) is 15.8. The quantitative estimate of drug-likeness (QED) is 0.859. The molecule has 0 unspecified atom stereocenters. The van der Waals surface area contributed by atoms with Crippen molar-refractivity contribution in [3.63, 3.8) is 0 Å². The topological polar surface area (TPSA) is 82.4 Å². The fraction of sp³-hybridized carbons (Fsp3) is 0.471. The average Bonchev–Trinajstić information content (AvgIpc) is 3.06. The molecule has 2 atom stereocenters. The lowest BCUT2D eigenvalue weighted by molar-refractivity contribution is 0.00783. The normalized spacial score (nSPS) is 23.8. The van der Waals surface area contributed by atoms with Gasteiger partial charge in [0.15, 0.2) is 5.82 Å². The predicted molar refractivity (Wildman–Crippen MR) is 86.1 cm³/mol. The molecule has 1 aliphatic heterocycles. The van der Waals surface area contributed by atoms with Crippen LogP contribution in [0, 0.1) is 0 Å². The Morgan fingerprint density at radius 2 is 2.04 bits per heavy atom. The SMILES string of the molecule is O[C@@H]1CCN(c2nc(-c3cccnc3)nc3c2CCC3)C[C@@H]1O. The number of fused-ring (bicyclic) bond motifs is 1. The molecule has 23 heavy (non-hydrogen) atoms. The molecule has 0 amide bonds. The van der Waals surface area contributed by atoms with Crippen molar-refractivity contribution in [2.24, 2.45) is 0 Å². The molecule has 0 saturated carbocycles. The zero-order valence-corrected chi connectivity index (χ0v) is 12.9. The van der Waals surface area contributed by atoms with Crippen molar-refractivity contribution >= 4 is 5.82 Å². The second kappa shape index (κ2) is 5.86. The number of aliphatic hydroxyl groups excluding tert-OH is 2. The number of hydrogen-bond donors (Lipinski definition) is 2. The van der Waals surface area contributed by atoms with E-state index in [1.165, 1.54) is 5.56 Å². The standard InChI is InChI=1S/C17H20N4O2/c22-14-6-8-21(10-15(14)23)17-12-4-1-5-13(12)19-16(20-17)11-3-2-7-18-9-11/h2-3,7,9,14-15,22-23H,1,4-6,8,10H2/t14-,15+/m1/s1. The van der Waals surface area contributed by atoms with Crippen LogP contribution in [0.4, 0.5) is 5.82 Å². The maximum absolute atomic E-state index is 10.00. The van der Waals surface area contributed by atoms with E-state index < -0.39 is 12.2 Å². The zero-order valence-electron chi connectivity index (χ0n) is 12.9. The number of nitrogens with zero attached hydrogens (tertiary/aromatic N) is 4. The molecule has 0 bridgehead atoms. The minimum absolute atomic E-state index is 0.414. The Kier molecular flexibility index (Phi) is 3.71. The third-order valence-electron chi connectivity index (χ3n) is 4.68. The van der Waals surface area contributed by atoms with Crippen molar-refractivity contribution < 1.29 is 10.2 Å². The summed E-state index contributed by atoms with van der Waals surface area (Å²) in [6, 6.07) is 3.84. The van der Waals surface area contributed by atoms with Gasteiger partial charge >= 0.3 is 0 Å². The van der Waals surface area contributed by atoms with Gasteiger partial charge in [0, 0.05) is 42.3 Å². The van der Waals surface area contributed by atoms with E-state index in [1.54, 1.807) is 12.4 Å². The van der Waals surface area contributed by atoms with Crippen LogP contribution < -0.4 is 4.90 Å². The van der Waals surface area contributed by atoms with Crippen molar-refractivity contribution in [1.29, 1.82) is 0 Å². The number of pyridine rings is 1. The van der Waals surface area contributed by atoms with E-state index in [0.717, 1.165) is 36.3 Å². The first-order valence-electron chi connectivity index (χ1n) is 8.13. The first kappa shape index (κ1) is 14.5. The minimum atomic E-state index is -0.724. The Morgan fingerprint density at radius 3 is 2.83 bits per heavy atom. The highest BCUT2D eigenvalue weighted by Gasteiger charge is 2.30. The van der Waals surface area contributed by atoms with E-state index in [-0.39, 0.29) is 0 Å². The molecular weight excluding hydrogens is 292 g/mol.